The summed E-state index contributed by atoms with van der Waals surface area (Å²) < 4.78 is 1.21. The molecular weight excluding hydrogens is 326 g/mol. The van der Waals surface area contributed by atoms with Crippen molar-refractivity contribution in [1.82, 2.24) is 5.32 Å². The smallest absolute Gasteiger partial charge is 0.0776 e. The number of hydrogen-bond acceptors (Lipinski definition) is 3. The first-order chi connectivity index (χ1) is 8.63. The Labute approximate surface area is 125 Å². The van der Waals surface area contributed by atoms with Crippen molar-refractivity contribution in [3.63, 3.8) is 0 Å². The second-order valence-corrected chi connectivity index (χ2v) is 7.50. The molecule has 2 aromatic rings. The SMILES string of the molecule is CCCNC(c1cc(C)c(C)s1)c1sccc1Br. The van der Waals surface area contributed by atoms with Crippen LogP contribution in [0.1, 0.15) is 39.6 Å². The van der Waals surface area contributed by atoms with Crippen molar-refractivity contribution in [2.75, 3.05) is 6.54 Å². The van der Waals surface area contributed by atoms with E-state index in [9.17, 15) is 0 Å². The number of aryl methyl sites for hydroxylation is 2. The van der Waals surface area contributed by atoms with Crippen LogP contribution in [0, 0.1) is 13.8 Å². The van der Waals surface area contributed by atoms with E-state index in [2.05, 4.69) is 59.5 Å². The molecule has 0 spiro atoms. The minimum Gasteiger partial charge on any atom is -0.305 e. The molecule has 0 bridgehead atoms. The summed E-state index contributed by atoms with van der Waals surface area (Å²) in [5, 5.41) is 5.81. The molecule has 2 rings (SSSR count). The van der Waals surface area contributed by atoms with Crippen LogP contribution >= 0.6 is 38.6 Å². The summed E-state index contributed by atoms with van der Waals surface area (Å²) >= 11 is 7.37. The third kappa shape index (κ3) is 3.05. The maximum atomic E-state index is 3.66. The van der Waals surface area contributed by atoms with Crippen molar-refractivity contribution in [3.8, 4) is 0 Å². The van der Waals surface area contributed by atoms with Crippen molar-refractivity contribution < 1.29 is 0 Å². The quantitative estimate of drug-likeness (QED) is 0.778. The minimum absolute atomic E-state index is 0.330. The minimum atomic E-state index is 0.330. The molecule has 0 aliphatic carbocycles. The molecule has 2 heterocycles. The Morgan fingerprint density at radius 2 is 2.17 bits per heavy atom. The second kappa shape index (κ2) is 6.33. The Morgan fingerprint density at radius 1 is 1.39 bits per heavy atom. The Morgan fingerprint density at radius 3 is 2.67 bits per heavy atom. The summed E-state index contributed by atoms with van der Waals surface area (Å²) in [5.41, 5.74) is 1.39. The molecule has 0 saturated heterocycles. The van der Waals surface area contributed by atoms with Gasteiger partial charge in [-0.05, 0) is 65.8 Å². The first-order valence-electron chi connectivity index (χ1n) is 6.16. The number of rotatable bonds is 5. The molecule has 0 aliphatic rings. The monoisotopic (exact) mass is 343 g/mol. The zero-order chi connectivity index (χ0) is 13.1. The van der Waals surface area contributed by atoms with Crippen LogP contribution in [0.15, 0.2) is 22.0 Å². The van der Waals surface area contributed by atoms with E-state index in [0.29, 0.717) is 6.04 Å². The van der Waals surface area contributed by atoms with Crippen LogP contribution in [0.4, 0.5) is 0 Å². The van der Waals surface area contributed by atoms with Crippen molar-refractivity contribution in [3.05, 3.63) is 42.2 Å². The predicted molar refractivity (Wildman–Crippen MR) is 85.9 cm³/mol. The highest BCUT2D eigenvalue weighted by atomic mass is 79.9. The van der Waals surface area contributed by atoms with Crippen LogP contribution in [-0.2, 0) is 0 Å². The lowest BCUT2D eigenvalue weighted by molar-refractivity contribution is 0.611. The summed E-state index contributed by atoms with van der Waals surface area (Å²) in [4.78, 5) is 4.22. The van der Waals surface area contributed by atoms with Gasteiger partial charge in [-0.1, -0.05) is 6.92 Å². The molecule has 1 unspecified atom stereocenters. The number of hydrogen-bond donors (Lipinski definition) is 1. The molecule has 0 saturated carbocycles. The summed E-state index contributed by atoms with van der Waals surface area (Å²) in [6.07, 6.45) is 1.16. The lowest BCUT2D eigenvalue weighted by atomic mass is 10.1. The van der Waals surface area contributed by atoms with Crippen molar-refractivity contribution >= 4 is 38.6 Å². The van der Waals surface area contributed by atoms with E-state index in [1.54, 1.807) is 0 Å². The van der Waals surface area contributed by atoms with Crippen LogP contribution in [0.5, 0.6) is 0 Å². The van der Waals surface area contributed by atoms with E-state index in [4.69, 9.17) is 0 Å². The lowest BCUT2D eigenvalue weighted by Crippen LogP contribution is -2.21. The van der Waals surface area contributed by atoms with Gasteiger partial charge in [-0.3, -0.25) is 0 Å². The maximum Gasteiger partial charge on any atom is 0.0776 e. The highest BCUT2D eigenvalue weighted by Gasteiger charge is 2.19. The molecule has 0 amide bonds. The largest absolute Gasteiger partial charge is 0.305 e. The van der Waals surface area contributed by atoms with E-state index < -0.39 is 0 Å². The summed E-state index contributed by atoms with van der Waals surface area (Å²) in [7, 11) is 0. The van der Waals surface area contributed by atoms with Gasteiger partial charge in [-0.25, -0.2) is 0 Å². The highest BCUT2D eigenvalue weighted by molar-refractivity contribution is 9.10. The molecule has 0 aromatic carbocycles. The third-order valence-electron chi connectivity index (χ3n) is 2.97. The Bertz CT molecular complexity index is 496. The molecule has 4 heteroatoms. The molecule has 0 aliphatic heterocycles. The van der Waals surface area contributed by atoms with Gasteiger partial charge in [0.25, 0.3) is 0 Å². The standard InChI is InChI=1S/C14H18BrNS2/c1-4-6-16-13(14-11(15)5-7-17-14)12-8-9(2)10(3)18-12/h5,7-8,13,16H,4,6H2,1-3H3. The van der Waals surface area contributed by atoms with Crippen molar-refractivity contribution in [2.24, 2.45) is 0 Å². The van der Waals surface area contributed by atoms with Gasteiger partial charge in [0, 0.05) is 19.1 Å². The molecular formula is C14H18BrNS2. The lowest BCUT2D eigenvalue weighted by Gasteiger charge is -2.16. The van der Waals surface area contributed by atoms with Crippen LogP contribution < -0.4 is 5.32 Å². The van der Waals surface area contributed by atoms with E-state index in [1.807, 2.05) is 22.7 Å². The summed E-state index contributed by atoms with van der Waals surface area (Å²) in [6.45, 7) is 7.64. The fraction of sp³-hybridized carbons (Fsp3) is 0.429. The van der Waals surface area contributed by atoms with Gasteiger partial charge in [0.2, 0.25) is 0 Å². The molecule has 1 N–H and O–H groups in total. The number of halogens is 1. The average Bonchev–Trinajstić information content (AvgIpc) is 2.88. The topological polar surface area (TPSA) is 12.0 Å². The normalized spacial score (nSPS) is 12.9. The zero-order valence-electron chi connectivity index (χ0n) is 10.9. The van der Waals surface area contributed by atoms with Gasteiger partial charge in [-0.15, -0.1) is 22.7 Å². The molecule has 2 aromatic heterocycles. The number of thiophene rings is 2. The molecule has 18 heavy (non-hydrogen) atoms. The van der Waals surface area contributed by atoms with Crippen LogP contribution in [0.3, 0.4) is 0 Å². The molecule has 0 radical (unpaired) electrons. The predicted octanol–water partition coefficient (Wildman–Crippen LogP) is 5.28. The van der Waals surface area contributed by atoms with Gasteiger partial charge < -0.3 is 5.32 Å². The average molecular weight is 344 g/mol. The van der Waals surface area contributed by atoms with Crippen LogP contribution in [-0.4, -0.2) is 6.54 Å². The fourth-order valence-corrected chi connectivity index (χ4v) is 4.76. The number of nitrogens with one attached hydrogen (secondary N) is 1. The molecule has 1 atom stereocenters. The highest BCUT2D eigenvalue weighted by Crippen LogP contribution is 2.37. The van der Waals surface area contributed by atoms with Crippen LogP contribution in [0.2, 0.25) is 0 Å². The zero-order valence-corrected chi connectivity index (χ0v) is 14.1. The van der Waals surface area contributed by atoms with Gasteiger partial charge >= 0.3 is 0 Å². The second-order valence-electron chi connectivity index (χ2n) is 4.41. The van der Waals surface area contributed by atoms with Crippen LogP contribution in [0.25, 0.3) is 0 Å². The van der Waals surface area contributed by atoms with Crippen molar-refractivity contribution in [2.45, 2.75) is 33.2 Å². The Kier molecular flexibility index (Phi) is 5.01. The molecule has 0 fully saturated rings. The van der Waals surface area contributed by atoms with Crippen molar-refractivity contribution in [1.29, 1.82) is 0 Å². The van der Waals surface area contributed by atoms with Gasteiger partial charge in [0.15, 0.2) is 0 Å². The van der Waals surface area contributed by atoms with Gasteiger partial charge in [-0.2, -0.15) is 0 Å². The van der Waals surface area contributed by atoms with Gasteiger partial charge in [0.05, 0.1) is 6.04 Å². The first-order valence-corrected chi connectivity index (χ1v) is 8.65. The Hall–Kier alpha value is -0.160. The maximum absolute atomic E-state index is 3.66. The molecule has 98 valence electrons. The fourth-order valence-electron chi connectivity index (χ4n) is 1.87. The van der Waals surface area contributed by atoms with Gasteiger partial charge in [0.1, 0.15) is 0 Å². The van der Waals surface area contributed by atoms with E-state index >= 15 is 0 Å². The summed E-state index contributed by atoms with van der Waals surface area (Å²) in [6, 6.07) is 4.78. The first kappa shape index (κ1) is 14.3. The third-order valence-corrected chi connectivity index (χ3v) is 6.13. The molecule has 1 nitrogen and oxygen atoms in total. The van der Waals surface area contributed by atoms with E-state index in [0.717, 1.165) is 13.0 Å². The summed E-state index contributed by atoms with van der Waals surface area (Å²) in [5.74, 6) is 0. The van der Waals surface area contributed by atoms with E-state index in [-0.39, 0.29) is 0 Å². The Balaban J connectivity index is 2.33. The van der Waals surface area contributed by atoms with E-state index in [1.165, 1.54) is 24.7 Å².